The number of anilines is 1. The van der Waals surface area contributed by atoms with Crippen LogP contribution in [0.3, 0.4) is 0 Å². The Labute approximate surface area is 195 Å². The van der Waals surface area contributed by atoms with Crippen molar-refractivity contribution < 1.29 is 27.5 Å². The molecule has 2 aliphatic rings. The predicted molar refractivity (Wildman–Crippen MR) is 120 cm³/mol. The number of halogens is 3. The number of para-hydroxylation sites is 1. The highest BCUT2D eigenvalue weighted by Crippen LogP contribution is 2.27. The molecule has 2 aromatic rings. The van der Waals surface area contributed by atoms with Crippen LogP contribution in [-0.4, -0.2) is 54.3 Å². The molecule has 4 rings (SSSR count). The van der Waals surface area contributed by atoms with E-state index in [9.17, 15) is 22.8 Å². The number of carbonyl (C=O) groups excluding carboxylic acids is 2. The minimum atomic E-state index is -4.71. The molecule has 2 aliphatic heterocycles. The Bertz CT molecular complexity index is 985. The Hall–Kier alpha value is -3.11. The van der Waals surface area contributed by atoms with Crippen LogP contribution in [0, 0.1) is 0 Å². The van der Waals surface area contributed by atoms with E-state index in [2.05, 4.69) is 25.6 Å². The van der Waals surface area contributed by atoms with Gasteiger partial charge in [0.15, 0.2) is 0 Å². The van der Waals surface area contributed by atoms with Gasteiger partial charge in [0.1, 0.15) is 5.75 Å². The summed E-state index contributed by atoms with van der Waals surface area (Å²) in [5.74, 6) is -0.334. The number of hydrogen-bond donors (Lipinski definition) is 3. The molecule has 0 radical (unpaired) electrons. The third kappa shape index (κ3) is 6.48. The van der Waals surface area contributed by atoms with Gasteiger partial charge in [0.25, 0.3) is 0 Å². The SMILES string of the molecule is O=C(CCC1CNC(=O)C2CC(NCc3ccc(OC(F)(F)F)cc3)CN12)Nc1ccccc1. The van der Waals surface area contributed by atoms with E-state index in [4.69, 9.17) is 0 Å². The summed E-state index contributed by atoms with van der Waals surface area (Å²) in [6, 6.07) is 14.9. The zero-order valence-corrected chi connectivity index (χ0v) is 18.5. The summed E-state index contributed by atoms with van der Waals surface area (Å²) >= 11 is 0. The molecule has 2 fully saturated rings. The van der Waals surface area contributed by atoms with Gasteiger partial charge in [0.2, 0.25) is 11.8 Å². The molecule has 7 nitrogen and oxygen atoms in total. The molecule has 0 aromatic heterocycles. The Kier molecular flexibility index (Phi) is 7.38. The van der Waals surface area contributed by atoms with Crippen LogP contribution in [0.25, 0.3) is 0 Å². The second-order valence-corrected chi connectivity index (χ2v) is 8.57. The van der Waals surface area contributed by atoms with Crippen LogP contribution in [0.1, 0.15) is 24.8 Å². The maximum Gasteiger partial charge on any atom is 0.573 e. The Morgan fingerprint density at radius 2 is 1.85 bits per heavy atom. The molecule has 182 valence electrons. The maximum atomic E-state index is 12.4. The second kappa shape index (κ2) is 10.4. The van der Waals surface area contributed by atoms with Crippen molar-refractivity contribution in [3.63, 3.8) is 0 Å². The van der Waals surface area contributed by atoms with Crippen molar-refractivity contribution in [2.75, 3.05) is 18.4 Å². The summed E-state index contributed by atoms with van der Waals surface area (Å²) < 4.78 is 40.8. The normalized spacial score (nSPS) is 22.7. The largest absolute Gasteiger partial charge is 0.573 e. The molecular weight excluding hydrogens is 449 g/mol. The Morgan fingerprint density at radius 1 is 1.12 bits per heavy atom. The van der Waals surface area contributed by atoms with Crippen molar-refractivity contribution in [2.24, 2.45) is 0 Å². The lowest BCUT2D eigenvalue weighted by Gasteiger charge is -2.37. The summed E-state index contributed by atoms with van der Waals surface area (Å²) in [4.78, 5) is 26.9. The topological polar surface area (TPSA) is 82.7 Å². The molecule has 34 heavy (non-hydrogen) atoms. The average molecular weight is 476 g/mol. The first-order valence-electron chi connectivity index (χ1n) is 11.2. The van der Waals surface area contributed by atoms with Crippen LogP contribution < -0.4 is 20.7 Å². The number of amides is 2. The Balaban J connectivity index is 1.27. The van der Waals surface area contributed by atoms with Crippen molar-refractivity contribution in [2.45, 2.75) is 50.3 Å². The van der Waals surface area contributed by atoms with E-state index in [0.29, 0.717) is 38.9 Å². The fourth-order valence-electron chi connectivity index (χ4n) is 4.51. The molecule has 2 amide bonds. The molecule has 0 saturated carbocycles. The van der Waals surface area contributed by atoms with E-state index in [1.54, 1.807) is 12.1 Å². The van der Waals surface area contributed by atoms with Gasteiger partial charge in [0, 0.05) is 43.8 Å². The number of ether oxygens (including phenoxy) is 1. The molecule has 10 heteroatoms. The summed E-state index contributed by atoms with van der Waals surface area (Å²) in [5.41, 5.74) is 1.57. The highest BCUT2D eigenvalue weighted by atomic mass is 19.4. The van der Waals surface area contributed by atoms with Gasteiger partial charge in [-0.1, -0.05) is 30.3 Å². The lowest BCUT2D eigenvalue weighted by molar-refractivity contribution is -0.274. The van der Waals surface area contributed by atoms with Crippen molar-refractivity contribution in [1.82, 2.24) is 15.5 Å². The fourth-order valence-corrected chi connectivity index (χ4v) is 4.51. The smallest absolute Gasteiger partial charge is 0.406 e. The van der Waals surface area contributed by atoms with E-state index < -0.39 is 6.36 Å². The van der Waals surface area contributed by atoms with Gasteiger partial charge in [-0.15, -0.1) is 13.2 Å². The quantitative estimate of drug-likeness (QED) is 0.546. The summed E-state index contributed by atoms with van der Waals surface area (Å²) in [6.07, 6.45) is -3.10. The van der Waals surface area contributed by atoms with Crippen molar-refractivity contribution in [3.05, 3.63) is 60.2 Å². The third-order valence-corrected chi connectivity index (χ3v) is 6.14. The average Bonchev–Trinajstić information content (AvgIpc) is 3.23. The van der Waals surface area contributed by atoms with Crippen LogP contribution in [0.15, 0.2) is 54.6 Å². The number of carbonyl (C=O) groups is 2. The van der Waals surface area contributed by atoms with Crippen molar-refractivity contribution in [3.8, 4) is 5.75 Å². The summed E-state index contributed by atoms with van der Waals surface area (Å²) in [7, 11) is 0. The standard InChI is InChI=1S/C24H27F3N4O3/c25-24(26,27)34-20-9-6-16(7-10-20)13-28-18-12-21-23(33)29-14-19(31(21)15-18)8-11-22(32)30-17-4-2-1-3-5-17/h1-7,9-10,18-19,21,28H,8,11-15H2,(H,29,33)(H,30,32). The lowest BCUT2D eigenvalue weighted by atomic mass is 10.0. The van der Waals surface area contributed by atoms with E-state index >= 15 is 0 Å². The van der Waals surface area contributed by atoms with Gasteiger partial charge >= 0.3 is 6.36 Å². The molecule has 2 heterocycles. The minimum absolute atomic E-state index is 0.0112. The second-order valence-electron chi connectivity index (χ2n) is 8.57. The van der Waals surface area contributed by atoms with E-state index in [1.165, 1.54) is 12.1 Å². The molecule has 3 N–H and O–H groups in total. The summed E-state index contributed by atoms with van der Waals surface area (Å²) in [5, 5.41) is 9.23. The van der Waals surface area contributed by atoms with Gasteiger partial charge in [0.05, 0.1) is 6.04 Å². The van der Waals surface area contributed by atoms with E-state index in [-0.39, 0.29) is 35.7 Å². The fraction of sp³-hybridized carbons (Fsp3) is 0.417. The molecule has 0 spiro atoms. The molecular formula is C24H27F3N4O3. The molecule has 2 aromatic carbocycles. The van der Waals surface area contributed by atoms with Crippen LogP contribution in [0.5, 0.6) is 5.75 Å². The van der Waals surface area contributed by atoms with Crippen molar-refractivity contribution >= 4 is 17.5 Å². The number of nitrogens with zero attached hydrogens (tertiary/aromatic N) is 1. The molecule has 3 unspecified atom stereocenters. The molecule has 2 saturated heterocycles. The zero-order valence-electron chi connectivity index (χ0n) is 18.5. The van der Waals surface area contributed by atoms with Crippen LogP contribution >= 0.6 is 0 Å². The van der Waals surface area contributed by atoms with E-state index in [1.807, 2.05) is 30.3 Å². The first kappa shape index (κ1) is 24.0. The maximum absolute atomic E-state index is 12.4. The number of piperazine rings is 1. The number of fused-ring (bicyclic) bond motifs is 1. The Morgan fingerprint density at radius 3 is 2.56 bits per heavy atom. The molecule has 0 aliphatic carbocycles. The van der Waals surface area contributed by atoms with Crippen LogP contribution in [0.4, 0.5) is 18.9 Å². The third-order valence-electron chi connectivity index (χ3n) is 6.14. The number of rotatable bonds is 8. The minimum Gasteiger partial charge on any atom is -0.406 e. The molecule has 0 bridgehead atoms. The van der Waals surface area contributed by atoms with Crippen LogP contribution in [0.2, 0.25) is 0 Å². The summed E-state index contributed by atoms with van der Waals surface area (Å²) in [6.45, 7) is 1.63. The van der Waals surface area contributed by atoms with Crippen LogP contribution in [-0.2, 0) is 16.1 Å². The lowest BCUT2D eigenvalue weighted by Crippen LogP contribution is -2.57. The first-order chi connectivity index (χ1) is 16.3. The van der Waals surface area contributed by atoms with Gasteiger partial charge in [-0.05, 0) is 42.7 Å². The first-order valence-corrected chi connectivity index (χ1v) is 11.2. The number of hydrogen-bond acceptors (Lipinski definition) is 5. The zero-order chi connectivity index (χ0) is 24.1. The van der Waals surface area contributed by atoms with Gasteiger partial charge in [-0.2, -0.15) is 0 Å². The van der Waals surface area contributed by atoms with Gasteiger partial charge < -0.3 is 20.7 Å². The number of alkyl halides is 3. The number of nitrogens with one attached hydrogen (secondary N) is 3. The van der Waals surface area contributed by atoms with Gasteiger partial charge in [-0.3, -0.25) is 14.5 Å². The van der Waals surface area contributed by atoms with Crippen molar-refractivity contribution in [1.29, 1.82) is 0 Å². The molecule has 3 atom stereocenters. The monoisotopic (exact) mass is 476 g/mol. The highest BCUT2D eigenvalue weighted by molar-refractivity contribution is 5.90. The van der Waals surface area contributed by atoms with Gasteiger partial charge in [-0.25, -0.2) is 0 Å². The highest BCUT2D eigenvalue weighted by Gasteiger charge is 2.43. The predicted octanol–water partition coefficient (Wildman–Crippen LogP) is 3.04. The van der Waals surface area contributed by atoms with E-state index in [0.717, 1.165) is 11.3 Å². The number of benzene rings is 2.